The molecule has 0 rings (SSSR count). The summed E-state index contributed by atoms with van der Waals surface area (Å²) < 4.78 is 5.12. The number of Topliss-reactive ketones (excluding diaryl/α,β-unsaturated/α-hetero) is 2. The summed E-state index contributed by atoms with van der Waals surface area (Å²) >= 11 is 0. The molecule has 0 radical (unpaired) electrons. The number of hydrogen-bond acceptors (Lipinski definition) is 5. The van der Waals surface area contributed by atoms with Crippen molar-refractivity contribution in [2.45, 2.75) is 220 Å². The highest BCUT2D eigenvalue weighted by Gasteiger charge is 2.31. The number of rotatable bonds is 34. The first-order valence-corrected chi connectivity index (χ1v) is 19.6. The van der Waals surface area contributed by atoms with E-state index in [4.69, 9.17) is 4.74 Å². The number of carbonyl (C=O) groups is 4. The molecule has 2 unspecified atom stereocenters. The molecule has 0 saturated carbocycles. The van der Waals surface area contributed by atoms with Gasteiger partial charge < -0.3 is 4.74 Å². The quantitative estimate of drug-likeness (QED) is 0.0400. The predicted octanol–water partition coefficient (Wildman–Crippen LogP) is 12.2. The highest BCUT2D eigenvalue weighted by molar-refractivity contribution is 6.05. The molecule has 0 aromatic heterocycles. The molecule has 0 aliphatic rings. The normalized spacial score (nSPS) is 12.6. The summed E-state index contributed by atoms with van der Waals surface area (Å²) in [6.45, 7) is 7.29. The Kier molecular flexibility index (Phi) is 31.3. The molecule has 0 saturated heterocycles. The van der Waals surface area contributed by atoms with Crippen LogP contribution in [0.3, 0.4) is 0 Å². The van der Waals surface area contributed by atoms with Gasteiger partial charge in [0.05, 0.1) is 0 Å². The van der Waals surface area contributed by atoms with Gasteiger partial charge >= 0.3 is 11.9 Å². The molecule has 5 heteroatoms. The summed E-state index contributed by atoms with van der Waals surface area (Å²) in [7, 11) is 0. The van der Waals surface area contributed by atoms with E-state index in [1.807, 2.05) is 0 Å². The van der Waals surface area contributed by atoms with E-state index in [-0.39, 0.29) is 11.6 Å². The average Bonchev–Trinajstić information content (AvgIpc) is 3.00. The van der Waals surface area contributed by atoms with Crippen LogP contribution >= 0.6 is 0 Å². The fraction of sp³-hybridized carbons (Fsp3) is 0.900. The number of ether oxygens (including phenoxy) is 1. The van der Waals surface area contributed by atoms with Gasteiger partial charge in [0.1, 0.15) is 23.4 Å². The van der Waals surface area contributed by atoms with Crippen LogP contribution in [0, 0.1) is 11.8 Å². The Morgan fingerprint density at radius 1 is 0.356 bits per heavy atom. The molecule has 0 fully saturated rings. The number of ketones is 2. The molecule has 0 bridgehead atoms. The van der Waals surface area contributed by atoms with Crippen LogP contribution in [0.5, 0.6) is 0 Å². The smallest absolute Gasteiger partial charge is 0.324 e. The SMILES string of the molecule is CCCCCCCCCCCCCCCCC(C(C)=O)C(=O)OC(=O)C(CCCCCCCCCCCCCCCC)C(C)=O. The van der Waals surface area contributed by atoms with Gasteiger partial charge in [-0.2, -0.15) is 0 Å². The first-order valence-electron chi connectivity index (χ1n) is 19.6. The minimum atomic E-state index is -0.917. The molecule has 0 aromatic rings. The first-order chi connectivity index (χ1) is 21.8. The molecule has 0 N–H and O–H groups in total. The molecule has 0 aliphatic heterocycles. The highest BCUT2D eigenvalue weighted by Crippen LogP contribution is 2.20. The molecule has 0 aromatic carbocycles. The molecule has 264 valence electrons. The van der Waals surface area contributed by atoms with Crippen molar-refractivity contribution in [1.82, 2.24) is 0 Å². The second kappa shape index (κ2) is 32.4. The summed E-state index contributed by atoms with van der Waals surface area (Å²) in [5.41, 5.74) is 0. The van der Waals surface area contributed by atoms with E-state index < -0.39 is 23.8 Å². The standard InChI is InChI=1S/C40H74O5/c1-5-7-9-11-13-15-17-19-21-23-25-27-29-31-33-37(35(3)41)39(43)45-40(44)38(36(4)42)34-32-30-28-26-24-22-20-18-16-14-12-10-8-6-2/h37-38H,5-34H2,1-4H3. The van der Waals surface area contributed by atoms with Gasteiger partial charge in [-0.1, -0.05) is 194 Å². The zero-order chi connectivity index (χ0) is 33.4. The first kappa shape index (κ1) is 43.5. The van der Waals surface area contributed by atoms with Gasteiger partial charge in [0.2, 0.25) is 0 Å². The lowest BCUT2D eigenvalue weighted by atomic mass is 9.95. The molecule has 2 atom stereocenters. The van der Waals surface area contributed by atoms with Crippen molar-refractivity contribution in [3.05, 3.63) is 0 Å². The fourth-order valence-electron chi connectivity index (χ4n) is 6.30. The largest absolute Gasteiger partial charge is 0.392 e. The average molecular weight is 635 g/mol. The molecular formula is C40H74O5. The maximum absolute atomic E-state index is 12.7. The number of carbonyl (C=O) groups excluding carboxylic acids is 4. The Labute approximate surface area is 279 Å². The van der Waals surface area contributed by atoms with Crippen LogP contribution in [0.25, 0.3) is 0 Å². The van der Waals surface area contributed by atoms with Gasteiger partial charge in [-0.15, -0.1) is 0 Å². The number of hydrogen-bond donors (Lipinski definition) is 0. The van der Waals surface area contributed by atoms with Crippen molar-refractivity contribution < 1.29 is 23.9 Å². The van der Waals surface area contributed by atoms with Crippen molar-refractivity contribution in [1.29, 1.82) is 0 Å². The molecule has 5 nitrogen and oxygen atoms in total. The third-order valence-electron chi connectivity index (χ3n) is 9.44. The van der Waals surface area contributed by atoms with Gasteiger partial charge in [0.25, 0.3) is 0 Å². The summed E-state index contributed by atoms with van der Waals surface area (Å²) in [5, 5.41) is 0. The molecule has 45 heavy (non-hydrogen) atoms. The van der Waals surface area contributed by atoms with Crippen LogP contribution < -0.4 is 0 Å². The Bertz CT molecular complexity index is 670. The zero-order valence-corrected chi connectivity index (χ0v) is 30.4. The monoisotopic (exact) mass is 635 g/mol. The molecule has 0 spiro atoms. The van der Waals surface area contributed by atoms with Gasteiger partial charge in [0.15, 0.2) is 0 Å². The van der Waals surface area contributed by atoms with Crippen LogP contribution in [-0.2, 0) is 23.9 Å². The van der Waals surface area contributed by atoms with Crippen LogP contribution in [0.15, 0.2) is 0 Å². The van der Waals surface area contributed by atoms with Crippen molar-refractivity contribution in [2.75, 3.05) is 0 Å². The summed E-state index contributed by atoms with van der Waals surface area (Å²) in [6, 6.07) is 0. The van der Waals surface area contributed by atoms with E-state index in [0.29, 0.717) is 12.8 Å². The lowest BCUT2D eigenvalue weighted by Gasteiger charge is -2.16. The summed E-state index contributed by atoms with van der Waals surface area (Å²) in [6.07, 6.45) is 35.6. The van der Waals surface area contributed by atoms with Crippen molar-refractivity contribution in [3.8, 4) is 0 Å². The number of esters is 2. The van der Waals surface area contributed by atoms with Gasteiger partial charge in [-0.05, 0) is 26.7 Å². The van der Waals surface area contributed by atoms with E-state index in [1.54, 1.807) is 0 Å². The van der Waals surface area contributed by atoms with Crippen LogP contribution in [0.4, 0.5) is 0 Å². The van der Waals surface area contributed by atoms with Gasteiger partial charge in [0, 0.05) is 0 Å². The Morgan fingerprint density at radius 2 is 0.556 bits per heavy atom. The van der Waals surface area contributed by atoms with Crippen LogP contribution in [0.1, 0.15) is 220 Å². The second-order valence-electron chi connectivity index (χ2n) is 13.8. The molecule has 0 amide bonds. The second-order valence-corrected chi connectivity index (χ2v) is 13.8. The van der Waals surface area contributed by atoms with Crippen molar-refractivity contribution in [3.63, 3.8) is 0 Å². The predicted molar refractivity (Wildman–Crippen MR) is 189 cm³/mol. The van der Waals surface area contributed by atoms with E-state index in [2.05, 4.69) is 13.8 Å². The zero-order valence-electron chi connectivity index (χ0n) is 30.4. The molecule has 0 aliphatic carbocycles. The minimum Gasteiger partial charge on any atom is -0.392 e. The maximum Gasteiger partial charge on any atom is 0.324 e. The Balaban J connectivity index is 4.04. The van der Waals surface area contributed by atoms with Gasteiger partial charge in [-0.25, -0.2) is 0 Å². The van der Waals surface area contributed by atoms with E-state index in [9.17, 15) is 19.2 Å². The topological polar surface area (TPSA) is 77.5 Å². The van der Waals surface area contributed by atoms with Crippen molar-refractivity contribution >= 4 is 23.5 Å². The number of unbranched alkanes of at least 4 members (excludes halogenated alkanes) is 26. The molecule has 0 heterocycles. The molecular weight excluding hydrogens is 560 g/mol. The third kappa shape index (κ3) is 27.3. The highest BCUT2D eigenvalue weighted by atomic mass is 16.6. The van der Waals surface area contributed by atoms with E-state index in [1.165, 1.54) is 155 Å². The Hall–Kier alpha value is -1.52. The summed E-state index contributed by atoms with van der Waals surface area (Å²) in [5.74, 6) is -3.94. The fourth-order valence-corrected chi connectivity index (χ4v) is 6.30. The van der Waals surface area contributed by atoms with Crippen LogP contribution in [-0.4, -0.2) is 23.5 Å². The van der Waals surface area contributed by atoms with Crippen molar-refractivity contribution in [2.24, 2.45) is 11.8 Å². The van der Waals surface area contributed by atoms with E-state index >= 15 is 0 Å². The lowest BCUT2D eigenvalue weighted by Crippen LogP contribution is -2.32. The lowest BCUT2D eigenvalue weighted by molar-refractivity contribution is -0.167. The van der Waals surface area contributed by atoms with Crippen LogP contribution in [0.2, 0.25) is 0 Å². The third-order valence-corrected chi connectivity index (χ3v) is 9.44. The maximum atomic E-state index is 12.7. The Morgan fingerprint density at radius 3 is 0.756 bits per heavy atom. The van der Waals surface area contributed by atoms with E-state index in [0.717, 1.165) is 38.5 Å². The minimum absolute atomic E-state index is 0.270. The van der Waals surface area contributed by atoms with Gasteiger partial charge in [-0.3, -0.25) is 19.2 Å². The summed E-state index contributed by atoms with van der Waals surface area (Å²) in [4.78, 5) is 49.8.